The maximum atomic E-state index is 8.46. The molecule has 0 bridgehead atoms. The van der Waals surface area contributed by atoms with E-state index in [-0.39, 0.29) is 0 Å². The summed E-state index contributed by atoms with van der Waals surface area (Å²) in [6.07, 6.45) is 4.06. The van der Waals surface area contributed by atoms with Gasteiger partial charge in [0.25, 0.3) is 0 Å². The Morgan fingerprint density at radius 1 is 1.54 bits per heavy atom. The van der Waals surface area contributed by atoms with Crippen LogP contribution < -0.4 is 5.32 Å². The molecule has 0 amide bonds. The number of aliphatic imine (C=N–C) groups is 2. The summed E-state index contributed by atoms with van der Waals surface area (Å²) in [6.45, 7) is 1.69. The zero-order valence-corrected chi connectivity index (χ0v) is 7.06. The minimum atomic E-state index is 0.572. The van der Waals surface area contributed by atoms with Crippen molar-refractivity contribution in [1.82, 2.24) is 5.32 Å². The molecule has 0 aromatic heterocycles. The molecular formula is C8H10N4O. The molecule has 0 saturated carbocycles. The van der Waals surface area contributed by atoms with E-state index < -0.39 is 0 Å². The molecule has 0 aromatic carbocycles. The monoisotopic (exact) mass is 178 g/mol. The van der Waals surface area contributed by atoms with Crippen molar-refractivity contribution in [3.8, 4) is 0 Å². The van der Waals surface area contributed by atoms with Gasteiger partial charge in [-0.1, -0.05) is 5.16 Å². The smallest absolute Gasteiger partial charge is 0.147 e. The van der Waals surface area contributed by atoms with E-state index in [4.69, 9.17) is 5.21 Å². The van der Waals surface area contributed by atoms with Crippen molar-refractivity contribution in [2.24, 2.45) is 15.1 Å². The first-order valence-electron chi connectivity index (χ1n) is 4.14. The molecule has 13 heavy (non-hydrogen) atoms. The number of nitrogens with one attached hydrogen (secondary N) is 1. The van der Waals surface area contributed by atoms with Crippen molar-refractivity contribution in [2.45, 2.75) is 6.42 Å². The normalized spacial score (nSPS) is 24.2. The molecule has 0 spiro atoms. The summed E-state index contributed by atoms with van der Waals surface area (Å²) in [5, 5.41) is 14.7. The molecule has 2 rings (SSSR count). The van der Waals surface area contributed by atoms with Crippen LogP contribution in [0.15, 0.2) is 26.9 Å². The van der Waals surface area contributed by atoms with Gasteiger partial charge in [-0.25, -0.2) is 0 Å². The lowest BCUT2D eigenvalue weighted by Gasteiger charge is -2.06. The molecule has 2 aliphatic heterocycles. The van der Waals surface area contributed by atoms with Gasteiger partial charge in [-0.3, -0.25) is 9.98 Å². The van der Waals surface area contributed by atoms with E-state index >= 15 is 0 Å². The number of allylic oxidation sites excluding steroid dienone is 1. The Bertz CT molecular complexity index is 327. The van der Waals surface area contributed by atoms with Crippen molar-refractivity contribution < 1.29 is 5.21 Å². The van der Waals surface area contributed by atoms with Crippen molar-refractivity contribution in [1.29, 1.82) is 0 Å². The molecule has 68 valence electrons. The first-order valence-corrected chi connectivity index (χ1v) is 4.14. The summed E-state index contributed by atoms with van der Waals surface area (Å²) in [6, 6.07) is 0. The molecule has 0 atom stereocenters. The molecule has 0 saturated heterocycles. The van der Waals surface area contributed by atoms with Gasteiger partial charge in [0.15, 0.2) is 0 Å². The largest absolute Gasteiger partial charge is 0.411 e. The number of oxime groups is 1. The lowest BCUT2D eigenvalue weighted by molar-refractivity contribution is 0.319. The molecule has 0 unspecified atom stereocenters. The Morgan fingerprint density at radius 3 is 3.00 bits per heavy atom. The van der Waals surface area contributed by atoms with E-state index in [1.807, 2.05) is 6.08 Å². The van der Waals surface area contributed by atoms with Crippen LogP contribution in [0.4, 0.5) is 0 Å². The summed E-state index contributed by atoms with van der Waals surface area (Å²) >= 11 is 0. The van der Waals surface area contributed by atoms with Crippen LogP contribution in [-0.2, 0) is 0 Å². The van der Waals surface area contributed by atoms with E-state index in [2.05, 4.69) is 20.5 Å². The zero-order valence-electron chi connectivity index (χ0n) is 7.06. The minimum Gasteiger partial charge on any atom is -0.411 e. The zero-order chi connectivity index (χ0) is 9.10. The fourth-order valence-corrected chi connectivity index (χ4v) is 1.24. The second kappa shape index (κ2) is 3.38. The van der Waals surface area contributed by atoms with Gasteiger partial charge in [-0.2, -0.15) is 0 Å². The van der Waals surface area contributed by atoms with Crippen molar-refractivity contribution in [3.05, 3.63) is 11.8 Å². The second-order valence-corrected chi connectivity index (χ2v) is 2.80. The van der Waals surface area contributed by atoms with Crippen LogP contribution in [0.3, 0.4) is 0 Å². The molecular weight excluding hydrogens is 168 g/mol. The van der Waals surface area contributed by atoms with Crippen LogP contribution in [0.1, 0.15) is 6.42 Å². The van der Waals surface area contributed by atoms with Crippen LogP contribution >= 0.6 is 0 Å². The highest BCUT2D eigenvalue weighted by atomic mass is 16.4. The number of amidine groups is 1. The van der Waals surface area contributed by atoms with Gasteiger partial charge in [-0.15, -0.1) is 0 Å². The number of hydrogen-bond donors (Lipinski definition) is 2. The molecule has 0 fully saturated rings. The van der Waals surface area contributed by atoms with Gasteiger partial charge >= 0.3 is 0 Å². The molecule has 5 nitrogen and oxygen atoms in total. The van der Waals surface area contributed by atoms with Gasteiger partial charge in [0.1, 0.15) is 17.2 Å². The van der Waals surface area contributed by atoms with Gasteiger partial charge in [0.2, 0.25) is 0 Å². The van der Waals surface area contributed by atoms with E-state index in [9.17, 15) is 0 Å². The molecule has 0 aromatic rings. The van der Waals surface area contributed by atoms with E-state index in [0.717, 1.165) is 24.6 Å². The molecule has 2 N–H and O–H groups in total. The average molecular weight is 178 g/mol. The molecule has 2 heterocycles. The fraction of sp³-hybridized carbons (Fsp3) is 0.375. The SMILES string of the molecule is ON=C1C=NC(C2=NCCN2)=CC1. The highest BCUT2D eigenvalue weighted by molar-refractivity contribution is 6.32. The van der Waals surface area contributed by atoms with Crippen molar-refractivity contribution in [3.63, 3.8) is 0 Å². The maximum Gasteiger partial charge on any atom is 0.147 e. The number of nitrogens with zero attached hydrogens (tertiary/aromatic N) is 3. The van der Waals surface area contributed by atoms with E-state index in [1.54, 1.807) is 6.21 Å². The van der Waals surface area contributed by atoms with E-state index in [1.165, 1.54) is 0 Å². The number of hydrogen-bond acceptors (Lipinski definition) is 5. The Hall–Kier alpha value is -1.65. The van der Waals surface area contributed by atoms with Crippen LogP contribution in [-0.4, -0.2) is 36.1 Å². The molecule has 0 radical (unpaired) electrons. The third kappa shape index (κ3) is 1.58. The fourth-order valence-electron chi connectivity index (χ4n) is 1.24. The Labute approximate surface area is 75.6 Å². The highest BCUT2D eigenvalue weighted by Gasteiger charge is 2.12. The first-order chi connectivity index (χ1) is 6.40. The first kappa shape index (κ1) is 7.97. The summed E-state index contributed by atoms with van der Waals surface area (Å²) in [7, 11) is 0. The quantitative estimate of drug-likeness (QED) is 0.444. The third-order valence-corrected chi connectivity index (χ3v) is 1.90. The lowest BCUT2D eigenvalue weighted by Crippen LogP contribution is -2.21. The average Bonchev–Trinajstić information content (AvgIpc) is 2.71. The molecule has 5 heteroatoms. The van der Waals surface area contributed by atoms with Crippen molar-refractivity contribution in [2.75, 3.05) is 13.1 Å². The van der Waals surface area contributed by atoms with Crippen LogP contribution in [0, 0.1) is 0 Å². The Morgan fingerprint density at radius 2 is 2.46 bits per heavy atom. The standard InChI is InChI=1S/C8H10N4O/c13-12-6-1-2-7(11-5-6)8-9-3-4-10-8/h2,5,13H,1,3-4H2,(H,9,10). The van der Waals surface area contributed by atoms with Crippen molar-refractivity contribution >= 4 is 17.8 Å². The minimum absolute atomic E-state index is 0.572. The second-order valence-electron chi connectivity index (χ2n) is 2.80. The summed E-state index contributed by atoms with van der Waals surface area (Å²) in [4.78, 5) is 8.35. The summed E-state index contributed by atoms with van der Waals surface area (Å²) < 4.78 is 0. The Kier molecular flexibility index (Phi) is 2.08. The predicted molar refractivity (Wildman–Crippen MR) is 50.7 cm³/mol. The molecule has 0 aliphatic carbocycles. The predicted octanol–water partition coefficient (Wildman–Crippen LogP) is 0.177. The topological polar surface area (TPSA) is 69.3 Å². The number of rotatable bonds is 1. The summed E-state index contributed by atoms with van der Waals surface area (Å²) in [5.74, 6) is 0.841. The van der Waals surface area contributed by atoms with Crippen LogP contribution in [0.25, 0.3) is 0 Å². The van der Waals surface area contributed by atoms with Crippen LogP contribution in [0.5, 0.6) is 0 Å². The van der Waals surface area contributed by atoms with Gasteiger partial charge < -0.3 is 10.5 Å². The maximum absolute atomic E-state index is 8.46. The van der Waals surface area contributed by atoms with Gasteiger partial charge in [0, 0.05) is 13.0 Å². The van der Waals surface area contributed by atoms with Crippen LogP contribution in [0.2, 0.25) is 0 Å². The summed E-state index contributed by atoms with van der Waals surface area (Å²) in [5.41, 5.74) is 1.41. The van der Waals surface area contributed by atoms with E-state index in [0.29, 0.717) is 12.1 Å². The highest BCUT2D eigenvalue weighted by Crippen LogP contribution is 2.08. The van der Waals surface area contributed by atoms with Gasteiger partial charge in [0.05, 0.1) is 12.8 Å². The lowest BCUT2D eigenvalue weighted by atomic mass is 10.2. The third-order valence-electron chi connectivity index (χ3n) is 1.90. The van der Waals surface area contributed by atoms with Gasteiger partial charge in [-0.05, 0) is 6.08 Å². The molecule has 2 aliphatic rings. The Balaban J connectivity index is 2.12.